The van der Waals surface area contributed by atoms with Gasteiger partial charge in [-0.3, -0.25) is 4.90 Å². The highest BCUT2D eigenvalue weighted by molar-refractivity contribution is 5.46. The van der Waals surface area contributed by atoms with Gasteiger partial charge >= 0.3 is 0 Å². The van der Waals surface area contributed by atoms with Crippen molar-refractivity contribution in [1.82, 2.24) is 14.5 Å². The van der Waals surface area contributed by atoms with Crippen molar-refractivity contribution in [2.24, 2.45) is 5.73 Å². The Morgan fingerprint density at radius 1 is 1.32 bits per heavy atom. The summed E-state index contributed by atoms with van der Waals surface area (Å²) >= 11 is 0. The van der Waals surface area contributed by atoms with Crippen molar-refractivity contribution in [2.75, 3.05) is 26.8 Å². The lowest BCUT2D eigenvalue weighted by molar-refractivity contribution is 0.246. The van der Waals surface area contributed by atoms with E-state index >= 15 is 0 Å². The second-order valence-electron chi connectivity index (χ2n) is 6.59. The molecule has 6 heteroatoms. The number of nitrogens with zero attached hydrogens (tertiary/aromatic N) is 3. The van der Waals surface area contributed by atoms with Crippen molar-refractivity contribution in [3.63, 3.8) is 0 Å². The van der Waals surface area contributed by atoms with Crippen LogP contribution in [0, 0.1) is 0 Å². The highest BCUT2D eigenvalue weighted by Crippen LogP contribution is 2.32. The molecule has 1 aliphatic rings. The summed E-state index contributed by atoms with van der Waals surface area (Å²) in [6.07, 6.45) is 9.04. The predicted octanol–water partition coefficient (Wildman–Crippen LogP) is 2.28. The number of ether oxygens (including phenoxy) is 2. The Balaban J connectivity index is 1.69. The van der Waals surface area contributed by atoms with Crippen molar-refractivity contribution in [3.8, 4) is 11.5 Å². The van der Waals surface area contributed by atoms with Crippen molar-refractivity contribution < 1.29 is 9.47 Å². The molecule has 0 bridgehead atoms. The lowest BCUT2D eigenvalue weighted by Crippen LogP contribution is -2.35. The first-order valence-electron chi connectivity index (χ1n) is 8.98. The standard InChI is InChI=1S/C19H28N4O2/c1-24-18-7-4-5-16(13-23-9-3-2-6-17(20)14-23)19(18)25-12-11-22-10-8-21-15-22/h4-5,7-8,10,15,17H,2-3,6,9,11-14,20H2,1H3/t17-/m1/s1. The molecule has 0 saturated carbocycles. The van der Waals surface area contributed by atoms with Gasteiger partial charge in [-0.25, -0.2) is 4.98 Å². The fourth-order valence-electron chi connectivity index (χ4n) is 3.32. The second kappa shape index (κ2) is 8.87. The van der Waals surface area contributed by atoms with Gasteiger partial charge in [0.1, 0.15) is 6.61 Å². The van der Waals surface area contributed by atoms with E-state index in [-0.39, 0.29) is 6.04 Å². The molecule has 1 atom stereocenters. The third-order valence-corrected chi connectivity index (χ3v) is 4.62. The Hall–Kier alpha value is -2.05. The molecular weight excluding hydrogens is 316 g/mol. The van der Waals surface area contributed by atoms with Gasteiger partial charge in [0, 0.05) is 37.1 Å². The summed E-state index contributed by atoms with van der Waals surface area (Å²) < 4.78 is 13.6. The number of aromatic nitrogens is 2. The zero-order valence-corrected chi connectivity index (χ0v) is 14.9. The molecule has 6 nitrogen and oxygen atoms in total. The highest BCUT2D eigenvalue weighted by Gasteiger charge is 2.18. The Bertz CT molecular complexity index is 645. The molecule has 1 aromatic heterocycles. The molecule has 1 saturated heterocycles. The fourth-order valence-corrected chi connectivity index (χ4v) is 3.32. The minimum Gasteiger partial charge on any atom is -0.493 e. The normalized spacial score (nSPS) is 18.7. The molecule has 2 N–H and O–H groups in total. The van der Waals surface area contributed by atoms with Crippen LogP contribution in [0.5, 0.6) is 11.5 Å². The number of likely N-dealkylation sites (tertiary alicyclic amines) is 1. The number of methoxy groups -OCH3 is 1. The van der Waals surface area contributed by atoms with Crippen molar-refractivity contribution in [2.45, 2.75) is 38.4 Å². The molecule has 0 amide bonds. The largest absolute Gasteiger partial charge is 0.493 e. The van der Waals surface area contributed by atoms with Crippen LogP contribution in [0.3, 0.4) is 0 Å². The first-order valence-corrected chi connectivity index (χ1v) is 8.98. The zero-order chi connectivity index (χ0) is 17.5. The number of hydrogen-bond acceptors (Lipinski definition) is 5. The van der Waals surface area contributed by atoms with E-state index in [2.05, 4.69) is 16.0 Å². The summed E-state index contributed by atoms with van der Waals surface area (Å²) in [5.41, 5.74) is 7.35. The maximum atomic E-state index is 6.20. The van der Waals surface area contributed by atoms with Crippen LogP contribution in [0.2, 0.25) is 0 Å². The average molecular weight is 344 g/mol. The van der Waals surface area contributed by atoms with E-state index in [1.54, 1.807) is 19.6 Å². The molecule has 1 aliphatic heterocycles. The number of benzene rings is 1. The molecule has 1 aromatic carbocycles. The van der Waals surface area contributed by atoms with E-state index in [0.29, 0.717) is 6.61 Å². The van der Waals surface area contributed by atoms with Crippen molar-refractivity contribution in [3.05, 3.63) is 42.5 Å². The summed E-state index contributed by atoms with van der Waals surface area (Å²) in [5.74, 6) is 1.62. The zero-order valence-electron chi connectivity index (χ0n) is 14.9. The molecule has 0 radical (unpaired) electrons. The van der Waals surface area contributed by atoms with E-state index < -0.39 is 0 Å². The average Bonchev–Trinajstić information content (AvgIpc) is 3.04. The third-order valence-electron chi connectivity index (χ3n) is 4.62. The van der Waals surface area contributed by atoms with Crippen LogP contribution in [0.1, 0.15) is 24.8 Å². The number of rotatable bonds is 7. The van der Waals surface area contributed by atoms with Gasteiger partial charge < -0.3 is 19.8 Å². The second-order valence-corrected chi connectivity index (χ2v) is 6.59. The van der Waals surface area contributed by atoms with Gasteiger partial charge in [0.15, 0.2) is 11.5 Å². The summed E-state index contributed by atoms with van der Waals surface area (Å²) in [6.45, 7) is 4.19. The molecule has 1 fully saturated rings. The van der Waals surface area contributed by atoms with E-state index in [0.717, 1.165) is 49.7 Å². The topological polar surface area (TPSA) is 65.5 Å². The molecule has 2 aromatic rings. The molecular formula is C19H28N4O2. The number of nitrogens with two attached hydrogens (primary N) is 1. The van der Waals surface area contributed by atoms with Gasteiger partial charge in [-0.15, -0.1) is 0 Å². The van der Waals surface area contributed by atoms with E-state index in [4.69, 9.17) is 15.2 Å². The first kappa shape index (κ1) is 17.8. The predicted molar refractivity (Wildman–Crippen MR) is 97.8 cm³/mol. The summed E-state index contributed by atoms with van der Waals surface area (Å²) in [6, 6.07) is 6.35. The molecule has 136 valence electrons. The van der Waals surface area contributed by atoms with Crippen LogP contribution in [-0.4, -0.2) is 47.3 Å². The number of imidazole rings is 1. The van der Waals surface area contributed by atoms with Crippen molar-refractivity contribution in [1.29, 1.82) is 0 Å². The Labute approximate surface area is 149 Å². The monoisotopic (exact) mass is 344 g/mol. The van der Waals surface area contributed by atoms with Gasteiger partial charge in [0.05, 0.1) is 20.0 Å². The van der Waals surface area contributed by atoms with Gasteiger partial charge in [-0.1, -0.05) is 18.6 Å². The highest BCUT2D eigenvalue weighted by atomic mass is 16.5. The third kappa shape index (κ3) is 4.96. The molecule has 0 unspecified atom stereocenters. The summed E-state index contributed by atoms with van der Waals surface area (Å²) in [4.78, 5) is 6.48. The molecule has 0 aliphatic carbocycles. The smallest absolute Gasteiger partial charge is 0.165 e. The van der Waals surface area contributed by atoms with Crippen LogP contribution >= 0.6 is 0 Å². The fraction of sp³-hybridized carbons (Fsp3) is 0.526. The maximum absolute atomic E-state index is 6.20. The molecule has 3 rings (SSSR count). The quantitative estimate of drug-likeness (QED) is 0.835. The van der Waals surface area contributed by atoms with Crippen LogP contribution in [0.15, 0.2) is 36.9 Å². The molecule has 0 spiro atoms. The van der Waals surface area contributed by atoms with Gasteiger partial charge in [-0.05, 0) is 25.5 Å². The maximum Gasteiger partial charge on any atom is 0.165 e. The minimum absolute atomic E-state index is 0.263. The first-order chi connectivity index (χ1) is 12.3. The Kier molecular flexibility index (Phi) is 6.30. The Morgan fingerprint density at radius 2 is 2.24 bits per heavy atom. The SMILES string of the molecule is COc1cccc(CN2CCCC[C@@H](N)C2)c1OCCn1ccnc1. The number of hydrogen-bond donors (Lipinski definition) is 1. The van der Waals surface area contributed by atoms with Gasteiger partial charge in [0.25, 0.3) is 0 Å². The summed E-state index contributed by atoms with van der Waals surface area (Å²) in [5, 5.41) is 0. The van der Waals surface area contributed by atoms with Crippen LogP contribution in [-0.2, 0) is 13.1 Å². The molecule has 25 heavy (non-hydrogen) atoms. The molecule has 2 heterocycles. The van der Waals surface area contributed by atoms with Crippen LogP contribution in [0.25, 0.3) is 0 Å². The van der Waals surface area contributed by atoms with E-state index in [1.165, 1.54) is 12.8 Å². The van der Waals surface area contributed by atoms with E-state index in [1.807, 2.05) is 22.9 Å². The number of para-hydroxylation sites is 1. The van der Waals surface area contributed by atoms with Crippen molar-refractivity contribution >= 4 is 0 Å². The lowest BCUT2D eigenvalue weighted by atomic mass is 10.1. The van der Waals surface area contributed by atoms with Gasteiger partial charge in [-0.2, -0.15) is 0 Å². The van der Waals surface area contributed by atoms with Gasteiger partial charge in [0.2, 0.25) is 0 Å². The van der Waals surface area contributed by atoms with Crippen LogP contribution < -0.4 is 15.2 Å². The minimum atomic E-state index is 0.263. The van der Waals surface area contributed by atoms with E-state index in [9.17, 15) is 0 Å². The van der Waals surface area contributed by atoms with Crippen LogP contribution in [0.4, 0.5) is 0 Å². The Morgan fingerprint density at radius 3 is 3.04 bits per heavy atom. The lowest BCUT2D eigenvalue weighted by Gasteiger charge is -2.24. The summed E-state index contributed by atoms with van der Waals surface area (Å²) in [7, 11) is 1.68.